The monoisotopic (exact) mass is 468 g/mol. The minimum Gasteiger partial charge on any atom is -0.467 e. The first-order valence-electron chi connectivity index (χ1n) is 9.92. The van der Waals surface area contributed by atoms with E-state index in [1.165, 1.54) is 24.8 Å². The van der Waals surface area contributed by atoms with Gasteiger partial charge in [-0.3, -0.25) is 0 Å². The molecule has 3 aromatic carbocycles. The number of methoxy groups -OCH3 is 2. The van der Waals surface area contributed by atoms with Crippen LogP contribution in [0.3, 0.4) is 0 Å². The van der Waals surface area contributed by atoms with Crippen LogP contribution in [0, 0.1) is 0 Å². The van der Waals surface area contributed by atoms with Crippen LogP contribution in [0.25, 0.3) is 0 Å². The summed E-state index contributed by atoms with van der Waals surface area (Å²) in [6, 6.07) is 28.3. The molecule has 0 saturated carbocycles. The molecule has 0 N–H and O–H groups in total. The van der Waals surface area contributed by atoms with Gasteiger partial charge in [0, 0.05) is 5.30 Å². The third-order valence-corrected chi connectivity index (χ3v) is 9.21. The van der Waals surface area contributed by atoms with Crippen LogP contribution in [0.4, 0.5) is 0 Å². The van der Waals surface area contributed by atoms with Gasteiger partial charge < -0.3 is 18.5 Å². The van der Waals surface area contributed by atoms with E-state index in [-0.39, 0.29) is 0 Å². The molecule has 3 aromatic rings. The van der Waals surface area contributed by atoms with E-state index in [0.717, 1.165) is 10.6 Å². The van der Waals surface area contributed by atoms with Gasteiger partial charge in [0.15, 0.2) is 12.2 Å². The number of ether oxygens (including phenoxy) is 2. The number of hydrogen-bond acceptors (Lipinski definition) is 6. The summed E-state index contributed by atoms with van der Waals surface area (Å²) in [5, 5.41) is 4.20. The fourth-order valence-electron chi connectivity index (χ4n) is 3.41. The predicted octanol–water partition coefficient (Wildman–Crippen LogP) is 2.51. The summed E-state index contributed by atoms with van der Waals surface area (Å²) in [5.74, 6) is -1.34. The molecular weight excluding hydrogens is 446 g/mol. The van der Waals surface area contributed by atoms with Crippen molar-refractivity contribution >= 4 is 49.5 Å². The Kier molecular flexibility index (Phi) is 7.29. The molecule has 8 heteroatoms. The zero-order chi connectivity index (χ0) is 22.5. The van der Waals surface area contributed by atoms with Crippen molar-refractivity contribution in [3.63, 3.8) is 0 Å². The number of hydrogen-bond donors (Lipinski definition) is 0. The molecule has 164 valence electrons. The molecule has 1 aliphatic rings. The zero-order valence-electron chi connectivity index (χ0n) is 17.6. The highest BCUT2D eigenvalue weighted by Gasteiger charge is 2.48. The van der Waals surface area contributed by atoms with E-state index < -0.39 is 40.4 Å². The third-order valence-electron chi connectivity index (χ3n) is 4.91. The quantitative estimate of drug-likeness (QED) is 0.409. The maximum Gasteiger partial charge on any atom is 0.338 e. The summed E-state index contributed by atoms with van der Waals surface area (Å²) in [6.45, 7) is 0. The van der Waals surface area contributed by atoms with Crippen molar-refractivity contribution in [2.24, 2.45) is 0 Å². The highest BCUT2D eigenvalue weighted by atomic mass is 31.2. The van der Waals surface area contributed by atoms with Crippen LogP contribution in [-0.2, 0) is 28.1 Å². The average molecular weight is 468 g/mol. The first-order valence-corrected chi connectivity index (χ1v) is 12.4. The predicted molar refractivity (Wildman–Crippen MR) is 125 cm³/mol. The first-order chi connectivity index (χ1) is 15.6. The lowest BCUT2D eigenvalue weighted by atomic mass is 10.2. The van der Waals surface area contributed by atoms with Crippen molar-refractivity contribution in [2.45, 2.75) is 12.2 Å². The second kappa shape index (κ2) is 10.3. The Morgan fingerprint density at radius 1 is 0.719 bits per heavy atom. The normalized spacial score (nSPS) is 18.5. The van der Waals surface area contributed by atoms with Gasteiger partial charge >= 0.3 is 11.9 Å². The second-order valence-electron chi connectivity index (χ2n) is 6.85. The van der Waals surface area contributed by atoms with Crippen molar-refractivity contribution in [2.75, 3.05) is 14.2 Å². The molecule has 1 saturated heterocycles. The molecule has 0 unspecified atom stereocenters. The summed E-state index contributed by atoms with van der Waals surface area (Å²) in [4.78, 5) is 24.5. The van der Waals surface area contributed by atoms with Gasteiger partial charge in [-0.2, -0.15) is 0 Å². The van der Waals surface area contributed by atoms with Crippen LogP contribution in [0.5, 0.6) is 0 Å². The van der Waals surface area contributed by atoms with Crippen LogP contribution in [0.2, 0.25) is 0 Å². The Hall–Kier alpha value is -2.62. The first kappa shape index (κ1) is 22.6. The Morgan fingerprint density at radius 3 is 1.62 bits per heavy atom. The Bertz CT molecular complexity index is 1010. The molecule has 6 nitrogen and oxygen atoms in total. The Morgan fingerprint density at radius 2 is 1.16 bits per heavy atom. The van der Waals surface area contributed by atoms with E-state index in [1.54, 1.807) is 0 Å². The second-order valence-corrected chi connectivity index (χ2v) is 10.5. The van der Waals surface area contributed by atoms with E-state index in [0.29, 0.717) is 0 Å². The lowest BCUT2D eigenvalue weighted by Crippen LogP contribution is -2.38. The number of rotatable bonds is 6. The van der Waals surface area contributed by atoms with Crippen LogP contribution >= 0.6 is 16.3 Å². The summed E-state index contributed by atoms with van der Waals surface area (Å²) in [7, 11) is -0.143. The van der Waals surface area contributed by atoms with Crippen LogP contribution < -0.4 is 21.2 Å². The molecular formula is C24H22O6P2. The average Bonchev–Trinajstić information content (AvgIpc) is 3.30. The number of benzene rings is 3. The fraction of sp³-hybridized carbons (Fsp3) is 0.167. The molecule has 0 amide bonds. The van der Waals surface area contributed by atoms with Crippen LogP contribution in [-0.4, -0.2) is 38.4 Å². The maximum absolute atomic E-state index is 12.3. The van der Waals surface area contributed by atoms with Gasteiger partial charge in [0.1, 0.15) is 0 Å². The van der Waals surface area contributed by atoms with Crippen molar-refractivity contribution < 1.29 is 28.1 Å². The molecule has 0 aliphatic carbocycles. The largest absolute Gasteiger partial charge is 0.467 e. The van der Waals surface area contributed by atoms with Crippen molar-refractivity contribution in [1.29, 1.82) is 0 Å². The van der Waals surface area contributed by atoms with Crippen molar-refractivity contribution in [3.8, 4) is 0 Å². The minimum absolute atomic E-state index is 0.670. The number of carbonyl (C=O) groups is 2. The van der Waals surface area contributed by atoms with E-state index in [9.17, 15) is 9.59 Å². The van der Waals surface area contributed by atoms with Gasteiger partial charge in [0.2, 0.25) is 8.38 Å². The smallest absolute Gasteiger partial charge is 0.338 e. The molecule has 1 aliphatic heterocycles. The molecule has 0 bridgehead atoms. The van der Waals surface area contributed by atoms with E-state index in [2.05, 4.69) is 30.3 Å². The van der Waals surface area contributed by atoms with Gasteiger partial charge in [0.05, 0.1) is 14.2 Å². The van der Waals surface area contributed by atoms with Crippen molar-refractivity contribution in [1.82, 2.24) is 0 Å². The summed E-state index contributed by atoms with van der Waals surface area (Å²) in [6.07, 6.45) is -2.35. The van der Waals surface area contributed by atoms with Gasteiger partial charge in [-0.1, -0.05) is 78.9 Å². The molecule has 2 atom stereocenters. The number of esters is 2. The highest BCUT2D eigenvalue weighted by molar-refractivity contribution is 7.81. The molecule has 4 rings (SSSR count). The van der Waals surface area contributed by atoms with E-state index in [1.807, 2.05) is 54.6 Å². The maximum atomic E-state index is 12.3. The van der Waals surface area contributed by atoms with Gasteiger partial charge in [-0.05, 0) is 29.9 Å². The molecule has 0 aromatic heterocycles. The zero-order valence-corrected chi connectivity index (χ0v) is 19.4. The van der Waals surface area contributed by atoms with E-state index in [4.69, 9.17) is 18.5 Å². The SMILES string of the molecule is COC(=O)[C@@H]1OP(c2ccccc2P(c2ccccc2)c2ccccc2)O[C@H]1C(=O)OC. The van der Waals surface area contributed by atoms with Crippen LogP contribution in [0.1, 0.15) is 0 Å². The van der Waals surface area contributed by atoms with Crippen molar-refractivity contribution in [3.05, 3.63) is 84.9 Å². The van der Waals surface area contributed by atoms with E-state index >= 15 is 0 Å². The molecule has 32 heavy (non-hydrogen) atoms. The Balaban J connectivity index is 1.78. The molecule has 1 fully saturated rings. The fourth-order valence-corrected chi connectivity index (χ4v) is 7.84. The summed E-state index contributed by atoms with van der Waals surface area (Å²) < 4.78 is 21.6. The number of carbonyl (C=O) groups excluding carboxylic acids is 2. The molecule has 0 radical (unpaired) electrons. The highest BCUT2D eigenvalue weighted by Crippen LogP contribution is 2.49. The summed E-state index contributed by atoms with van der Waals surface area (Å²) >= 11 is 0. The van der Waals surface area contributed by atoms with Gasteiger partial charge in [0.25, 0.3) is 0 Å². The lowest BCUT2D eigenvalue weighted by Gasteiger charge is -2.23. The van der Waals surface area contributed by atoms with Gasteiger partial charge in [-0.25, -0.2) is 9.59 Å². The molecule has 0 spiro atoms. The minimum atomic E-state index is -1.71. The standard InChI is InChI=1S/C24H22O6P2/c1-27-23(25)21-22(24(26)28-2)30-32(29-21)20-16-10-9-15-19(20)31(17-11-5-3-6-12-17)18-13-7-4-8-14-18/h3-16,21-22H,1-2H3/t21-,22-/m1/s1. The van der Waals surface area contributed by atoms with Crippen LogP contribution in [0.15, 0.2) is 84.9 Å². The lowest BCUT2D eigenvalue weighted by molar-refractivity contribution is -0.160. The van der Waals surface area contributed by atoms with Gasteiger partial charge in [-0.15, -0.1) is 0 Å². The molecule has 1 heterocycles. The Labute approximate surface area is 189 Å². The summed E-state index contributed by atoms with van der Waals surface area (Å²) in [5.41, 5.74) is 0. The third kappa shape index (κ3) is 4.60. The topological polar surface area (TPSA) is 71.1 Å².